The first kappa shape index (κ1) is 21.4. The summed E-state index contributed by atoms with van der Waals surface area (Å²) in [5, 5.41) is 10.7. The molecule has 6 nitrogen and oxygen atoms in total. The highest BCUT2D eigenvalue weighted by molar-refractivity contribution is 14.0. The summed E-state index contributed by atoms with van der Waals surface area (Å²) in [5.74, 6) is 2.75. The standard InChI is InChI=1S/C17H23N3O3S.HI/c1-18-17(19-9-12-5-6-24-11-12)20-10-13-7-15(22-3)16(23-4)8-14(13)21-2;/h5-8,11H,9-10H2,1-4H3,(H2,18,19,20);1H. The predicted octanol–water partition coefficient (Wildman–Crippen LogP) is 3.26. The monoisotopic (exact) mass is 477 g/mol. The Morgan fingerprint density at radius 2 is 1.64 bits per heavy atom. The molecular formula is C17H24IN3O3S. The highest BCUT2D eigenvalue weighted by atomic mass is 127. The number of ether oxygens (including phenoxy) is 3. The first-order valence-electron chi connectivity index (χ1n) is 7.46. The van der Waals surface area contributed by atoms with Crippen molar-refractivity contribution in [2.24, 2.45) is 4.99 Å². The molecule has 0 aliphatic rings. The fourth-order valence-corrected chi connectivity index (χ4v) is 2.88. The number of nitrogens with zero attached hydrogens (tertiary/aromatic N) is 1. The van der Waals surface area contributed by atoms with Gasteiger partial charge in [0.1, 0.15) is 5.75 Å². The minimum Gasteiger partial charge on any atom is -0.496 e. The lowest BCUT2D eigenvalue weighted by molar-refractivity contribution is 0.347. The van der Waals surface area contributed by atoms with Gasteiger partial charge in [-0.05, 0) is 28.5 Å². The van der Waals surface area contributed by atoms with Gasteiger partial charge in [0, 0.05) is 31.8 Å². The lowest BCUT2D eigenvalue weighted by Crippen LogP contribution is -2.36. The number of rotatable bonds is 7. The van der Waals surface area contributed by atoms with Gasteiger partial charge in [0.05, 0.1) is 21.3 Å². The molecule has 0 saturated heterocycles. The van der Waals surface area contributed by atoms with E-state index in [2.05, 4.69) is 32.5 Å². The summed E-state index contributed by atoms with van der Waals surface area (Å²) in [4.78, 5) is 4.24. The van der Waals surface area contributed by atoms with E-state index in [-0.39, 0.29) is 24.0 Å². The minimum atomic E-state index is 0. The van der Waals surface area contributed by atoms with Crippen molar-refractivity contribution >= 4 is 41.3 Å². The van der Waals surface area contributed by atoms with Crippen LogP contribution in [0, 0.1) is 0 Å². The second-order valence-corrected chi connectivity index (χ2v) is 5.71. The minimum absolute atomic E-state index is 0. The van der Waals surface area contributed by atoms with Gasteiger partial charge < -0.3 is 24.8 Å². The van der Waals surface area contributed by atoms with Crippen LogP contribution in [0.1, 0.15) is 11.1 Å². The van der Waals surface area contributed by atoms with Gasteiger partial charge in [0.2, 0.25) is 0 Å². The fourth-order valence-electron chi connectivity index (χ4n) is 2.21. The molecule has 0 aliphatic carbocycles. The number of thiophene rings is 1. The van der Waals surface area contributed by atoms with Gasteiger partial charge in [-0.1, -0.05) is 0 Å². The molecule has 138 valence electrons. The molecule has 1 aromatic heterocycles. The molecule has 0 saturated carbocycles. The van der Waals surface area contributed by atoms with Crippen LogP contribution in [0.5, 0.6) is 17.2 Å². The summed E-state index contributed by atoms with van der Waals surface area (Å²) in [5.41, 5.74) is 2.18. The van der Waals surface area contributed by atoms with E-state index in [9.17, 15) is 0 Å². The van der Waals surface area contributed by atoms with Gasteiger partial charge in [-0.3, -0.25) is 4.99 Å². The number of benzene rings is 1. The third-order valence-corrected chi connectivity index (χ3v) is 4.23. The van der Waals surface area contributed by atoms with Crippen molar-refractivity contribution in [2.75, 3.05) is 28.4 Å². The maximum absolute atomic E-state index is 5.44. The second-order valence-electron chi connectivity index (χ2n) is 4.93. The van der Waals surface area contributed by atoms with E-state index < -0.39 is 0 Å². The van der Waals surface area contributed by atoms with Crippen molar-refractivity contribution < 1.29 is 14.2 Å². The molecule has 1 aromatic carbocycles. The summed E-state index contributed by atoms with van der Waals surface area (Å²) in [6.45, 7) is 1.28. The van der Waals surface area contributed by atoms with E-state index in [0.29, 0.717) is 18.0 Å². The van der Waals surface area contributed by atoms with Crippen molar-refractivity contribution in [1.29, 1.82) is 0 Å². The summed E-state index contributed by atoms with van der Waals surface area (Å²) >= 11 is 1.68. The average Bonchev–Trinajstić information content (AvgIpc) is 3.14. The number of guanidine groups is 1. The van der Waals surface area contributed by atoms with Crippen LogP contribution in [-0.2, 0) is 13.1 Å². The zero-order valence-electron chi connectivity index (χ0n) is 14.8. The average molecular weight is 477 g/mol. The Bertz CT molecular complexity index is 678. The molecular weight excluding hydrogens is 453 g/mol. The van der Waals surface area contributed by atoms with Gasteiger partial charge in [0.25, 0.3) is 0 Å². The SMILES string of the molecule is CN=C(NCc1ccsc1)NCc1cc(OC)c(OC)cc1OC.I. The van der Waals surface area contributed by atoms with Gasteiger partial charge in [-0.2, -0.15) is 11.3 Å². The van der Waals surface area contributed by atoms with E-state index in [1.807, 2.05) is 12.1 Å². The van der Waals surface area contributed by atoms with E-state index in [1.54, 1.807) is 39.7 Å². The maximum Gasteiger partial charge on any atom is 0.191 e. The normalized spacial score (nSPS) is 10.6. The molecule has 0 radical (unpaired) electrons. The van der Waals surface area contributed by atoms with Gasteiger partial charge >= 0.3 is 0 Å². The smallest absolute Gasteiger partial charge is 0.191 e. The van der Waals surface area contributed by atoms with E-state index in [4.69, 9.17) is 14.2 Å². The topological polar surface area (TPSA) is 64.1 Å². The van der Waals surface area contributed by atoms with Crippen molar-refractivity contribution in [1.82, 2.24) is 10.6 Å². The van der Waals surface area contributed by atoms with Crippen molar-refractivity contribution in [3.63, 3.8) is 0 Å². The Hall–Kier alpha value is -1.68. The molecule has 0 bridgehead atoms. The summed E-state index contributed by atoms with van der Waals surface area (Å²) < 4.78 is 16.1. The first-order valence-corrected chi connectivity index (χ1v) is 8.40. The van der Waals surface area contributed by atoms with Gasteiger partial charge in [-0.15, -0.1) is 24.0 Å². The quantitative estimate of drug-likeness (QED) is 0.364. The lowest BCUT2D eigenvalue weighted by Gasteiger charge is -2.16. The molecule has 0 atom stereocenters. The number of hydrogen-bond acceptors (Lipinski definition) is 5. The maximum atomic E-state index is 5.44. The van der Waals surface area contributed by atoms with Crippen LogP contribution in [0.15, 0.2) is 34.0 Å². The summed E-state index contributed by atoms with van der Waals surface area (Å²) in [6, 6.07) is 5.80. The molecule has 0 spiro atoms. The number of methoxy groups -OCH3 is 3. The zero-order valence-corrected chi connectivity index (χ0v) is 17.9. The van der Waals surface area contributed by atoms with Crippen LogP contribution < -0.4 is 24.8 Å². The molecule has 1 heterocycles. The lowest BCUT2D eigenvalue weighted by atomic mass is 10.1. The molecule has 0 fully saturated rings. The Labute approximate surface area is 169 Å². The van der Waals surface area contributed by atoms with Crippen molar-refractivity contribution in [3.8, 4) is 17.2 Å². The van der Waals surface area contributed by atoms with E-state index in [0.717, 1.165) is 23.8 Å². The molecule has 0 amide bonds. The van der Waals surface area contributed by atoms with E-state index >= 15 is 0 Å². The third-order valence-electron chi connectivity index (χ3n) is 3.50. The van der Waals surface area contributed by atoms with Crippen molar-refractivity contribution in [2.45, 2.75) is 13.1 Å². The molecule has 2 aromatic rings. The first-order chi connectivity index (χ1) is 11.7. The number of hydrogen-bond donors (Lipinski definition) is 2. The number of nitrogens with one attached hydrogen (secondary N) is 2. The summed E-state index contributed by atoms with van der Waals surface area (Å²) in [6.07, 6.45) is 0. The Morgan fingerprint density at radius 1 is 1.00 bits per heavy atom. The second kappa shape index (κ2) is 11.0. The molecule has 0 aliphatic heterocycles. The fraction of sp³-hybridized carbons (Fsp3) is 0.353. The van der Waals surface area contributed by atoms with Gasteiger partial charge in [0.15, 0.2) is 17.5 Å². The Kier molecular flexibility index (Phi) is 9.43. The largest absolute Gasteiger partial charge is 0.496 e. The molecule has 2 rings (SSSR count). The van der Waals surface area contributed by atoms with Crippen LogP contribution in [0.4, 0.5) is 0 Å². The number of halogens is 1. The molecule has 8 heteroatoms. The highest BCUT2D eigenvalue weighted by Crippen LogP contribution is 2.34. The Balaban J connectivity index is 0.00000312. The zero-order chi connectivity index (χ0) is 17.4. The molecule has 25 heavy (non-hydrogen) atoms. The van der Waals surface area contributed by atoms with Crippen LogP contribution in [0.25, 0.3) is 0 Å². The Morgan fingerprint density at radius 3 is 2.20 bits per heavy atom. The van der Waals surface area contributed by atoms with Crippen LogP contribution in [-0.4, -0.2) is 34.3 Å². The van der Waals surface area contributed by atoms with E-state index in [1.165, 1.54) is 5.56 Å². The van der Waals surface area contributed by atoms with Crippen LogP contribution in [0.2, 0.25) is 0 Å². The highest BCUT2D eigenvalue weighted by Gasteiger charge is 2.12. The van der Waals surface area contributed by atoms with Crippen LogP contribution in [0.3, 0.4) is 0 Å². The molecule has 2 N–H and O–H groups in total. The van der Waals surface area contributed by atoms with Crippen LogP contribution >= 0.6 is 35.3 Å². The van der Waals surface area contributed by atoms with Gasteiger partial charge in [-0.25, -0.2) is 0 Å². The predicted molar refractivity (Wildman–Crippen MR) is 113 cm³/mol. The van der Waals surface area contributed by atoms with Crippen molar-refractivity contribution in [3.05, 3.63) is 40.1 Å². The third kappa shape index (κ3) is 5.96. The number of aliphatic imine (C=N–C) groups is 1. The summed E-state index contributed by atoms with van der Waals surface area (Å²) in [7, 11) is 6.59. The molecule has 0 unspecified atom stereocenters.